The number of aromatic hydroxyl groups is 2. The van der Waals surface area contributed by atoms with Crippen LogP contribution in [0.2, 0.25) is 0 Å². The van der Waals surface area contributed by atoms with Crippen LogP contribution in [-0.4, -0.2) is 63.7 Å². The van der Waals surface area contributed by atoms with Gasteiger partial charge in [-0.2, -0.15) is 0 Å². The summed E-state index contributed by atoms with van der Waals surface area (Å²) in [6.45, 7) is 3.08. The fourth-order valence-corrected chi connectivity index (χ4v) is 7.64. The number of nitrogens with zero attached hydrogens (tertiary/aromatic N) is 1. The van der Waals surface area contributed by atoms with E-state index in [0.717, 1.165) is 44.7 Å². The number of nitrogens with one attached hydrogen (secondary N) is 2. The Labute approximate surface area is 306 Å². The molecule has 1 atom stereocenters. The second kappa shape index (κ2) is 16.6. The van der Waals surface area contributed by atoms with Crippen LogP contribution in [0.4, 0.5) is 0 Å². The van der Waals surface area contributed by atoms with E-state index in [0.29, 0.717) is 56.0 Å². The third kappa shape index (κ3) is 8.48. The van der Waals surface area contributed by atoms with Crippen LogP contribution in [0.15, 0.2) is 95.9 Å². The zero-order valence-corrected chi connectivity index (χ0v) is 29.7. The van der Waals surface area contributed by atoms with E-state index >= 15 is 0 Å². The predicted octanol–water partition coefficient (Wildman–Crippen LogP) is 6.30. The number of imide groups is 1. The second-order valence-corrected chi connectivity index (χ2v) is 13.8. The molecule has 0 saturated carbocycles. The molecule has 1 unspecified atom stereocenters. The summed E-state index contributed by atoms with van der Waals surface area (Å²) in [7, 11) is 0. The number of ether oxygens (including phenoxy) is 1. The Morgan fingerprint density at radius 2 is 1.56 bits per heavy atom. The molecule has 6 rings (SSSR count). The molecule has 11 heteroatoms. The fraction of sp³-hybridized carbons (Fsp3) is 0.268. The number of carbonyl (C=O) groups is 4. The van der Waals surface area contributed by atoms with Gasteiger partial charge in [0.05, 0.1) is 6.54 Å². The van der Waals surface area contributed by atoms with Gasteiger partial charge in [0.2, 0.25) is 17.7 Å². The van der Waals surface area contributed by atoms with Crippen molar-refractivity contribution in [3.8, 4) is 17.2 Å². The fourth-order valence-electron chi connectivity index (χ4n) is 6.60. The van der Waals surface area contributed by atoms with Crippen LogP contribution >= 0.6 is 11.8 Å². The number of allylic oxidation sites excluding steroid dienone is 1. The first-order chi connectivity index (χ1) is 25.2. The number of carbonyl (C=O) groups excluding carboxylic acids is 4. The van der Waals surface area contributed by atoms with Gasteiger partial charge in [-0.25, -0.2) is 0 Å². The zero-order valence-electron chi connectivity index (χ0n) is 28.9. The van der Waals surface area contributed by atoms with Gasteiger partial charge in [0.25, 0.3) is 5.91 Å². The normalized spacial score (nSPS) is 15.9. The first-order valence-corrected chi connectivity index (χ1v) is 18.4. The van der Waals surface area contributed by atoms with Gasteiger partial charge in [0.15, 0.2) is 0 Å². The predicted molar refractivity (Wildman–Crippen MR) is 200 cm³/mol. The number of fused-ring (bicyclic) bond motifs is 1. The van der Waals surface area contributed by atoms with Crippen molar-refractivity contribution >= 4 is 46.5 Å². The third-order valence-corrected chi connectivity index (χ3v) is 10.4. The van der Waals surface area contributed by atoms with Crippen LogP contribution in [-0.2, 0) is 20.9 Å². The number of hydrogen-bond donors (Lipinski definition) is 4. The minimum atomic E-state index is -0.652. The molecule has 4 aromatic carbocycles. The van der Waals surface area contributed by atoms with E-state index in [-0.39, 0.29) is 35.6 Å². The molecule has 2 heterocycles. The van der Waals surface area contributed by atoms with Gasteiger partial charge in [0, 0.05) is 29.8 Å². The highest BCUT2D eigenvalue weighted by atomic mass is 32.2. The summed E-state index contributed by atoms with van der Waals surface area (Å²) in [6.07, 6.45) is 2.28. The largest absolute Gasteiger partial charge is 0.508 e. The summed E-state index contributed by atoms with van der Waals surface area (Å²) in [5.74, 6) is 0.749. The lowest BCUT2D eigenvalue weighted by Crippen LogP contribution is -2.52. The van der Waals surface area contributed by atoms with Crippen molar-refractivity contribution in [1.29, 1.82) is 0 Å². The number of hydrogen-bond acceptors (Lipinski definition) is 8. The lowest BCUT2D eigenvalue weighted by atomic mass is 9.88. The number of phenolic OH excluding ortho intramolecular Hbond substituents is 2. The molecule has 1 saturated heterocycles. The molecule has 52 heavy (non-hydrogen) atoms. The Balaban J connectivity index is 0.973. The molecule has 0 aliphatic carbocycles. The highest BCUT2D eigenvalue weighted by Crippen LogP contribution is 2.37. The number of rotatable bonds is 14. The quantitative estimate of drug-likeness (QED) is 0.0515. The van der Waals surface area contributed by atoms with Crippen molar-refractivity contribution < 1.29 is 34.1 Å². The van der Waals surface area contributed by atoms with Crippen molar-refractivity contribution in [2.45, 2.75) is 56.5 Å². The summed E-state index contributed by atoms with van der Waals surface area (Å²) < 4.78 is 5.93. The molecule has 4 aromatic rings. The Morgan fingerprint density at radius 3 is 2.21 bits per heavy atom. The maximum absolute atomic E-state index is 13.1. The van der Waals surface area contributed by atoms with E-state index < -0.39 is 11.9 Å². The molecule has 0 spiro atoms. The van der Waals surface area contributed by atoms with Crippen molar-refractivity contribution in [2.75, 3.05) is 18.9 Å². The van der Waals surface area contributed by atoms with Crippen LogP contribution in [0.25, 0.3) is 11.1 Å². The van der Waals surface area contributed by atoms with Crippen LogP contribution in [0.1, 0.15) is 71.6 Å². The van der Waals surface area contributed by atoms with Gasteiger partial charge >= 0.3 is 0 Å². The average molecular weight is 720 g/mol. The van der Waals surface area contributed by atoms with Crippen LogP contribution < -0.4 is 15.4 Å². The molecule has 10 nitrogen and oxygen atoms in total. The summed E-state index contributed by atoms with van der Waals surface area (Å²) in [5, 5.41) is 25.0. The van der Waals surface area contributed by atoms with Crippen molar-refractivity contribution in [1.82, 2.24) is 15.5 Å². The molecule has 4 amide bonds. The number of piperidine rings is 1. The molecule has 0 radical (unpaired) electrons. The standard InChI is InChI=1S/C41H41N3O7S/c1-2-32(26-8-14-29(45)15-9-26)39(27-10-16-30(46)17-11-27)28-12-18-31(19-13-28)51-23-22-42-37(47)7-4-24-52-36-6-3-5-33-34(36)25-44(41(33)50)35-20-21-38(48)43-40(35)49/h3,5-6,8-19,35,45-46H,2,4,7,20-25H2,1H3,(H,42,47)(H,43,48,49)/b39-32-. The molecular weight excluding hydrogens is 679 g/mol. The van der Waals surface area contributed by atoms with Crippen molar-refractivity contribution in [2.24, 2.45) is 0 Å². The summed E-state index contributed by atoms with van der Waals surface area (Å²) in [5.41, 5.74) is 6.51. The highest BCUT2D eigenvalue weighted by Gasteiger charge is 2.39. The lowest BCUT2D eigenvalue weighted by Gasteiger charge is -2.29. The van der Waals surface area contributed by atoms with Gasteiger partial charge < -0.3 is 25.2 Å². The first-order valence-electron chi connectivity index (χ1n) is 17.4. The van der Waals surface area contributed by atoms with Crippen LogP contribution in [0, 0.1) is 0 Å². The topological polar surface area (TPSA) is 145 Å². The number of amides is 4. The number of thioether (sulfide) groups is 1. The first kappa shape index (κ1) is 36.2. The molecule has 2 aliphatic heterocycles. The number of phenols is 2. The van der Waals surface area contributed by atoms with Crippen LogP contribution in [0.3, 0.4) is 0 Å². The SMILES string of the molecule is CC/C(=C(\c1ccc(O)cc1)c1ccc(OCCNC(=O)CCCSc2cccc3c2CN(C2CCC(=O)NC2=O)C3=O)cc1)c1ccc(O)cc1. The summed E-state index contributed by atoms with van der Waals surface area (Å²) >= 11 is 1.59. The van der Waals surface area contributed by atoms with Crippen LogP contribution in [0.5, 0.6) is 17.2 Å². The molecule has 268 valence electrons. The lowest BCUT2D eigenvalue weighted by molar-refractivity contribution is -0.137. The Morgan fingerprint density at radius 1 is 0.904 bits per heavy atom. The molecule has 0 bridgehead atoms. The van der Waals surface area contributed by atoms with Crippen molar-refractivity contribution in [3.05, 3.63) is 119 Å². The average Bonchev–Trinajstić information content (AvgIpc) is 3.48. The van der Waals surface area contributed by atoms with E-state index in [1.54, 1.807) is 47.0 Å². The smallest absolute Gasteiger partial charge is 0.255 e. The molecular formula is C41H41N3O7S. The Hall–Kier alpha value is -5.55. The van der Waals surface area contributed by atoms with Gasteiger partial charge in [-0.1, -0.05) is 49.4 Å². The highest BCUT2D eigenvalue weighted by molar-refractivity contribution is 7.99. The monoisotopic (exact) mass is 719 g/mol. The summed E-state index contributed by atoms with van der Waals surface area (Å²) in [4.78, 5) is 52.1. The molecule has 2 aliphatic rings. The van der Waals surface area contributed by atoms with E-state index in [2.05, 4.69) is 17.6 Å². The van der Waals surface area contributed by atoms with E-state index in [9.17, 15) is 29.4 Å². The maximum atomic E-state index is 13.1. The van der Waals surface area contributed by atoms with E-state index in [4.69, 9.17) is 4.74 Å². The van der Waals surface area contributed by atoms with Gasteiger partial charge in [-0.05, 0) is 107 Å². The van der Waals surface area contributed by atoms with Gasteiger partial charge in [0.1, 0.15) is 29.9 Å². The minimum absolute atomic E-state index is 0.0675. The van der Waals surface area contributed by atoms with Gasteiger partial charge in [-0.15, -0.1) is 11.8 Å². The van der Waals surface area contributed by atoms with Crippen molar-refractivity contribution in [3.63, 3.8) is 0 Å². The van der Waals surface area contributed by atoms with E-state index in [1.807, 2.05) is 60.7 Å². The Kier molecular flexibility index (Phi) is 11.6. The Bertz CT molecular complexity index is 1980. The molecule has 1 fully saturated rings. The number of benzene rings is 4. The minimum Gasteiger partial charge on any atom is -0.508 e. The van der Waals surface area contributed by atoms with E-state index in [1.165, 1.54) is 0 Å². The summed E-state index contributed by atoms with van der Waals surface area (Å²) in [6, 6.07) is 27.0. The molecule has 4 N–H and O–H groups in total. The molecule has 0 aromatic heterocycles. The van der Waals surface area contributed by atoms with Gasteiger partial charge in [-0.3, -0.25) is 24.5 Å². The third-order valence-electron chi connectivity index (χ3n) is 9.21. The second-order valence-electron chi connectivity index (χ2n) is 12.7. The zero-order chi connectivity index (χ0) is 36.6. The maximum Gasteiger partial charge on any atom is 0.255 e.